The molecular formula is C16H15BrClNO2. The third-order valence-electron chi connectivity index (χ3n) is 3.13. The lowest BCUT2D eigenvalue weighted by Crippen LogP contribution is -2.09. The van der Waals surface area contributed by atoms with Crippen molar-refractivity contribution in [2.75, 3.05) is 12.4 Å². The van der Waals surface area contributed by atoms with E-state index in [0.717, 1.165) is 15.7 Å². The molecule has 1 N–H and O–H groups in total. The Morgan fingerprint density at radius 3 is 2.67 bits per heavy atom. The minimum absolute atomic E-state index is 0.0762. The number of carbonyl (C=O) groups is 1. The molecule has 3 nitrogen and oxygen atoms in total. The van der Waals surface area contributed by atoms with Crippen LogP contribution in [-0.2, 0) is 4.74 Å². The Labute approximate surface area is 137 Å². The minimum atomic E-state index is -0.447. The molecule has 2 rings (SSSR count). The smallest absolute Gasteiger partial charge is 0.339 e. The van der Waals surface area contributed by atoms with Crippen molar-refractivity contribution < 1.29 is 9.53 Å². The fourth-order valence-corrected chi connectivity index (χ4v) is 2.86. The van der Waals surface area contributed by atoms with Gasteiger partial charge in [0.15, 0.2) is 0 Å². The van der Waals surface area contributed by atoms with E-state index >= 15 is 0 Å². The van der Waals surface area contributed by atoms with Crippen molar-refractivity contribution in [3.8, 4) is 0 Å². The minimum Gasteiger partial charge on any atom is -0.465 e. The van der Waals surface area contributed by atoms with Crippen LogP contribution in [0.1, 0.15) is 28.9 Å². The van der Waals surface area contributed by atoms with Gasteiger partial charge >= 0.3 is 5.97 Å². The molecule has 0 saturated carbocycles. The van der Waals surface area contributed by atoms with E-state index in [2.05, 4.69) is 21.2 Å². The van der Waals surface area contributed by atoms with E-state index in [9.17, 15) is 4.79 Å². The van der Waals surface area contributed by atoms with Crippen LogP contribution in [0.15, 0.2) is 46.9 Å². The van der Waals surface area contributed by atoms with E-state index in [-0.39, 0.29) is 6.04 Å². The molecule has 0 aromatic heterocycles. The van der Waals surface area contributed by atoms with Crippen molar-refractivity contribution in [1.82, 2.24) is 0 Å². The van der Waals surface area contributed by atoms with E-state index in [1.165, 1.54) is 7.11 Å². The molecule has 0 aliphatic heterocycles. The van der Waals surface area contributed by atoms with Gasteiger partial charge in [-0.15, -0.1) is 0 Å². The van der Waals surface area contributed by atoms with Gasteiger partial charge in [0, 0.05) is 16.2 Å². The van der Waals surface area contributed by atoms with Crippen LogP contribution in [0.2, 0.25) is 5.02 Å². The van der Waals surface area contributed by atoms with Gasteiger partial charge in [-0.3, -0.25) is 0 Å². The van der Waals surface area contributed by atoms with Crippen LogP contribution in [0.3, 0.4) is 0 Å². The van der Waals surface area contributed by atoms with Crippen LogP contribution in [0, 0.1) is 0 Å². The monoisotopic (exact) mass is 367 g/mol. The van der Waals surface area contributed by atoms with Crippen LogP contribution in [0.5, 0.6) is 0 Å². The third-order valence-corrected chi connectivity index (χ3v) is 4.18. The first-order valence-electron chi connectivity index (χ1n) is 6.41. The summed E-state index contributed by atoms with van der Waals surface area (Å²) in [5, 5.41) is 3.73. The lowest BCUT2D eigenvalue weighted by Gasteiger charge is -2.18. The number of hydrogen-bond donors (Lipinski definition) is 1. The molecule has 0 aliphatic carbocycles. The lowest BCUT2D eigenvalue weighted by atomic mass is 10.1. The van der Waals surface area contributed by atoms with E-state index in [1.54, 1.807) is 12.1 Å². The van der Waals surface area contributed by atoms with E-state index in [0.29, 0.717) is 10.6 Å². The molecule has 110 valence electrons. The van der Waals surface area contributed by atoms with Crippen LogP contribution in [0.25, 0.3) is 0 Å². The molecule has 0 amide bonds. The van der Waals surface area contributed by atoms with Crippen LogP contribution < -0.4 is 5.32 Å². The number of nitrogens with one attached hydrogen (secondary N) is 1. The zero-order chi connectivity index (χ0) is 15.4. The largest absolute Gasteiger partial charge is 0.465 e. The maximum atomic E-state index is 11.7. The van der Waals surface area contributed by atoms with Crippen molar-refractivity contribution in [3.05, 3.63) is 63.1 Å². The Bertz CT molecular complexity index is 660. The van der Waals surface area contributed by atoms with Gasteiger partial charge in [-0.25, -0.2) is 4.79 Å². The number of hydrogen-bond acceptors (Lipinski definition) is 3. The molecule has 0 spiro atoms. The van der Waals surface area contributed by atoms with Crippen molar-refractivity contribution in [1.29, 1.82) is 0 Å². The predicted octanol–water partition coefficient (Wildman–Crippen LogP) is 5.06. The second-order valence-corrected chi connectivity index (χ2v) is 5.84. The predicted molar refractivity (Wildman–Crippen MR) is 89.0 cm³/mol. The molecule has 1 atom stereocenters. The van der Waals surface area contributed by atoms with Gasteiger partial charge in [0.1, 0.15) is 0 Å². The van der Waals surface area contributed by atoms with Crippen molar-refractivity contribution in [2.24, 2.45) is 0 Å². The molecule has 2 aromatic rings. The topological polar surface area (TPSA) is 38.3 Å². The summed E-state index contributed by atoms with van der Waals surface area (Å²) in [4.78, 5) is 11.7. The summed E-state index contributed by atoms with van der Waals surface area (Å²) < 4.78 is 5.76. The van der Waals surface area contributed by atoms with Crippen LogP contribution in [0.4, 0.5) is 5.69 Å². The molecule has 1 unspecified atom stereocenters. The number of halogens is 2. The third kappa shape index (κ3) is 3.77. The molecule has 0 saturated heterocycles. The second-order valence-electron chi connectivity index (χ2n) is 4.57. The summed E-state index contributed by atoms with van der Waals surface area (Å²) in [6, 6.07) is 13.3. The molecule has 5 heteroatoms. The summed E-state index contributed by atoms with van der Waals surface area (Å²) in [5.74, 6) is -0.447. The van der Waals surface area contributed by atoms with Crippen molar-refractivity contribution in [2.45, 2.75) is 13.0 Å². The fourth-order valence-electron chi connectivity index (χ4n) is 2.04. The van der Waals surface area contributed by atoms with Crippen molar-refractivity contribution >= 4 is 39.2 Å². The number of rotatable bonds is 4. The standard InChI is InChI=1S/C16H15BrClNO2/c1-10(12-5-3-4-6-14(12)17)19-11-7-8-15(18)13(9-11)16(20)21-2/h3-10,19H,1-2H3. The number of carbonyl (C=O) groups excluding carboxylic acids is 1. The Balaban J connectivity index is 2.24. The molecule has 2 aromatic carbocycles. The zero-order valence-electron chi connectivity index (χ0n) is 11.7. The Morgan fingerprint density at radius 2 is 2.00 bits per heavy atom. The highest BCUT2D eigenvalue weighted by molar-refractivity contribution is 9.10. The summed E-state index contributed by atoms with van der Waals surface area (Å²) >= 11 is 9.55. The van der Waals surface area contributed by atoms with Crippen LogP contribution in [-0.4, -0.2) is 13.1 Å². The first kappa shape index (κ1) is 15.9. The quantitative estimate of drug-likeness (QED) is 0.766. The molecule has 21 heavy (non-hydrogen) atoms. The summed E-state index contributed by atoms with van der Waals surface area (Å²) in [5.41, 5.74) is 2.29. The van der Waals surface area contributed by atoms with Crippen LogP contribution >= 0.6 is 27.5 Å². The molecule has 0 aliphatic rings. The summed E-state index contributed by atoms with van der Waals surface area (Å²) in [6.07, 6.45) is 0. The highest BCUT2D eigenvalue weighted by Crippen LogP contribution is 2.28. The van der Waals surface area contributed by atoms with Gasteiger partial charge in [0.2, 0.25) is 0 Å². The van der Waals surface area contributed by atoms with E-state index in [1.807, 2.05) is 37.3 Å². The van der Waals surface area contributed by atoms with Gasteiger partial charge in [-0.05, 0) is 36.8 Å². The van der Waals surface area contributed by atoms with E-state index in [4.69, 9.17) is 16.3 Å². The number of anilines is 1. The van der Waals surface area contributed by atoms with Crippen molar-refractivity contribution in [3.63, 3.8) is 0 Å². The van der Waals surface area contributed by atoms with Gasteiger partial charge in [0.05, 0.1) is 17.7 Å². The highest BCUT2D eigenvalue weighted by Gasteiger charge is 2.13. The molecular weight excluding hydrogens is 354 g/mol. The second kappa shape index (κ2) is 6.96. The first-order valence-corrected chi connectivity index (χ1v) is 7.59. The van der Waals surface area contributed by atoms with Gasteiger partial charge in [0.25, 0.3) is 0 Å². The zero-order valence-corrected chi connectivity index (χ0v) is 14.0. The average Bonchev–Trinajstić information content (AvgIpc) is 2.48. The number of benzene rings is 2. The maximum absolute atomic E-state index is 11.7. The molecule has 0 bridgehead atoms. The first-order chi connectivity index (χ1) is 10.0. The summed E-state index contributed by atoms with van der Waals surface area (Å²) in [6.45, 7) is 2.05. The van der Waals surface area contributed by atoms with Gasteiger partial charge in [-0.1, -0.05) is 45.7 Å². The number of methoxy groups -OCH3 is 1. The molecule has 0 heterocycles. The number of esters is 1. The Morgan fingerprint density at radius 1 is 1.29 bits per heavy atom. The summed E-state index contributed by atoms with van der Waals surface area (Å²) in [7, 11) is 1.34. The Hall–Kier alpha value is -1.52. The molecule has 0 fully saturated rings. The Kier molecular flexibility index (Phi) is 5.26. The maximum Gasteiger partial charge on any atom is 0.339 e. The normalized spacial score (nSPS) is 11.8. The van der Waals surface area contributed by atoms with E-state index < -0.39 is 5.97 Å². The SMILES string of the molecule is COC(=O)c1cc(NC(C)c2ccccc2Br)ccc1Cl. The highest BCUT2D eigenvalue weighted by atomic mass is 79.9. The lowest BCUT2D eigenvalue weighted by molar-refractivity contribution is 0.0601. The van der Waals surface area contributed by atoms with Gasteiger partial charge in [-0.2, -0.15) is 0 Å². The fraction of sp³-hybridized carbons (Fsp3) is 0.188. The number of ether oxygens (including phenoxy) is 1. The average molecular weight is 369 g/mol. The van der Waals surface area contributed by atoms with Gasteiger partial charge < -0.3 is 10.1 Å². The molecule has 0 radical (unpaired) electrons.